The molecule has 7 heteroatoms. The normalized spacial score (nSPS) is 21.0. The number of fused-ring (bicyclic) bond motifs is 1. The van der Waals surface area contributed by atoms with Crippen LogP contribution in [-0.4, -0.2) is 56.7 Å². The van der Waals surface area contributed by atoms with Crippen LogP contribution < -0.4 is 19.7 Å². The highest BCUT2D eigenvalue weighted by atomic mass is 16.5. The first-order valence-electron chi connectivity index (χ1n) is 8.22. The van der Waals surface area contributed by atoms with E-state index in [1.807, 2.05) is 19.1 Å². The molecule has 2 aliphatic rings. The van der Waals surface area contributed by atoms with Crippen molar-refractivity contribution >= 4 is 11.9 Å². The van der Waals surface area contributed by atoms with Gasteiger partial charge in [-0.05, 0) is 24.6 Å². The number of benzene rings is 1. The van der Waals surface area contributed by atoms with Gasteiger partial charge in [0.15, 0.2) is 17.5 Å². The lowest BCUT2D eigenvalue weighted by atomic mass is 9.97. The van der Waals surface area contributed by atoms with Crippen molar-refractivity contribution in [2.45, 2.75) is 25.9 Å². The molecular formula is C17H24N3O4+. The molecule has 1 aromatic rings. The van der Waals surface area contributed by atoms with Gasteiger partial charge in [0.25, 0.3) is 5.91 Å². The lowest BCUT2D eigenvalue weighted by Crippen LogP contribution is -3.16. The Hall–Kier alpha value is -2.28. The second-order valence-corrected chi connectivity index (χ2v) is 6.25. The predicted octanol–water partition coefficient (Wildman–Crippen LogP) is -0.415. The molecular weight excluding hydrogens is 310 g/mol. The highest BCUT2D eigenvalue weighted by Gasteiger charge is 2.36. The van der Waals surface area contributed by atoms with E-state index in [2.05, 4.69) is 5.32 Å². The van der Waals surface area contributed by atoms with E-state index in [0.29, 0.717) is 18.8 Å². The summed E-state index contributed by atoms with van der Waals surface area (Å²) in [7, 11) is 3.25. The molecule has 3 amide bonds. The zero-order chi connectivity index (χ0) is 17.3. The molecule has 0 aromatic heterocycles. The summed E-state index contributed by atoms with van der Waals surface area (Å²) in [5.74, 6) is 1.33. The van der Waals surface area contributed by atoms with Crippen molar-refractivity contribution in [3.8, 4) is 11.5 Å². The lowest BCUT2D eigenvalue weighted by Gasteiger charge is -2.31. The highest BCUT2D eigenvalue weighted by molar-refractivity contribution is 5.97. The van der Waals surface area contributed by atoms with Crippen LogP contribution in [0, 0.1) is 0 Å². The Bertz CT molecular complexity index is 661. The summed E-state index contributed by atoms with van der Waals surface area (Å²) in [5, 5.41) is 2.68. The fourth-order valence-electron chi connectivity index (χ4n) is 3.45. The minimum atomic E-state index is -0.282. The van der Waals surface area contributed by atoms with E-state index in [0.717, 1.165) is 25.3 Å². The van der Waals surface area contributed by atoms with Crippen molar-refractivity contribution in [1.29, 1.82) is 0 Å². The first-order valence-corrected chi connectivity index (χ1v) is 8.22. The molecule has 1 fully saturated rings. The van der Waals surface area contributed by atoms with Gasteiger partial charge in [-0.3, -0.25) is 9.69 Å². The largest absolute Gasteiger partial charge is 0.493 e. The number of methoxy groups -OCH3 is 2. The highest BCUT2D eigenvalue weighted by Crippen LogP contribution is 2.31. The molecule has 2 N–H and O–H groups in total. The number of nitrogens with one attached hydrogen (secondary N) is 2. The molecule has 3 rings (SSSR count). The maximum atomic E-state index is 12.6. The Kier molecular flexibility index (Phi) is 4.62. The van der Waals surface area contributed by atoms with E-state index in [9.17, 15) is 9.59 Å². The molecule has 7 nitrogen and oxygen atoms in total. The Morgan fingerprint density at radius 3 is 2.50 bits per heavy atom. The minimum Gasteiger partial charge on any atom is -0.493 e. The number of urea groups is 1. The van der Waals surface area contributed by atoms with Gasteiger partial charge in [-0.25, -0.2) is 4.79 Å². The molecule has 2 atom stereocenters. The molecule has 1 unspecified atom stereocenters. The summed E-state index contributed by atoms with van der Waals surface area (Å²) in [6, 6.07) is 3.48. The third-order valence-corrected chi connectivity index (χ3v) is 4.94. The Labute approximate surface area is 141 Å². The van der Waals surface area contributed by atoms with Gasteiger partial charge in [-0.2, -0.15) is 0 Å². The molecule has 0 spiro atoms. The van der Waals surface area contributed by atoms with Gasteiger partial charge < -0.3 is 19.7 Å². The summed E-state index contributed by atoms with van der Waals surface area (Å²) >= 11 is 0. The topological polar surface area (TPSA) is 72.3 Å². The van der Waals surface area contributed by atoms with Crippen LogP contribution in [0.1, 0.15) is 18.1 Å². The SMILES string of the molecule is COc1cc2c(cc1OC)C[NH+]([C@H](C)C(=O)N1CCNC1=O)CC2. The van der Waals surface area contributed by atoms with Crippen LogP contribution in [0.4, 0.5) is 4.79 Å². The van der Waals surface area contributed by atoms with E-state index in [-0.39, 0.29) is 18.0 Å². The number of nitrogens with zero attached hydrogens (tertiary/aromatic N) is 1. The van der Waals surface area contributed by atoms with Crippen LogP contribution in [-0.2, 0) is 17.8 Å². The molecule has 0 saturated carbocycles. The number of rotatable bonds is 4. The number of quaternary nitrogens is 1. The van der Waals surface area contributed by atoms with E-state index in [1.165, 1.54) is 20.9 Å². The van der Waals surface area contributed by atoms with Gasteiger partial charge in [0.1, 0.15) is 6.54 Å². The van der Waals surface area contributed by atoms with Gasteiger partial charge in [-0.1, -0.05) is 0 Å². The third-order valence-electron chi connectivity index (χ3n) is 4.94. The fourth-order valence-corrected chi connectivity index (χ4v) is 3.45. The average Bonchev–Trinajstić information content (AvgIpc) is 3.04. The van der Waals surface area contributed by atoms with Crippen LogP contribution in [0.2, 0.25) is 0 Å². The van der Waals surface area contributed by atoms with Crippen molar-refractivity contribution in [3.05, 3.63) is 23.3 Å². The summed E-state index contributed by atoms with van der Waals surface area (Å²) in [5.41, 5.74) is 2.40. The van der Waals surface area contributed by atoms with Crippen LogP contribution in [0.5, 0.6) is 11.5 Å². The van der Waals surface area contributed by atoms with Crippen molar-refractivity contribution in [1.82, 2.24) is 10.2 Å². The van der Waals surface area contributed by atoms with E-state index >= 15 is 0 Å². The number of carbonyl (C=O) groups excluding carboxylic acids is 2. The Balaban J connectivity index is 1.76. The van der Waals surface area contributed by atoms with Gasteiger partial charge in [0.05, 0.1) is 20.8 Å². The van der Waals surface area contributed by atoms with E-state index < -0.39 is 0 Å². The van der Waals surface area contributed by atoms with Crippen LogP contribution in [0.15, 0.2) is 12.1 Å². The number of hydrogen-bond acceptors (Lipinski definition) is 4. The number of hydrogen-bond donors (Lipinski definition) is 2. The van der Waals surface area contributed by atoms with Crippen molar-refractivity contribution in [3.63, 3.8) is 0 Å². The van der Waals surface area contributed by atoms with E-state index in [4.69, 9.17) is 9.47 Å². The molecule has 2 aliphatic heterocycles. The van der Waals surface area contributed by atoms with Crippen LogP contribution >= 0.6 is 0 Å². The number of ether oxygens (including phenoxy) is 2. The van der Waals surface area contributed by atoms with Crippen LogP contribution in [0.3, 0.4) is 0 Å². The van der Waals surface area contributed by atoms with Gasteiger partial charge in [0, 0.05) is 25.1 Å². The molecule has 1 aromatic carbocycles. The first-order chi connectivity index (χ1) is 11.5. The zero-order valence-electron chi connectivity index (χ0n) is 14.3. The minimum absolute atomic E-state index is 0.107. The quantitative estimate of drug-likeness (QED) is 0.785. The van der Waals surface area contributed by atoms with Gasteiger partial charge in [0.2, 0.25) is 0 Å². The average molecular weight is 334 g/mol. The van der Waals surface area contributed by atoms with E-state index in [1.54, 1.807) is 14.2 Å². The molecule has 0 radical (unpaired) electrons. The fraction of sp³-hybridized carbons (Fsp3) is 0.529. The van der Waals surface area contributed by atoms with Crippen molar-refractivity contribution in [2.75, 3.05) is 33.9 Å². The smallest absolute Gasteiger partial charge is 0.324 e. The second kappa shape index (κ2) is 6.68. The first kappa shape index (κ1) is 16.6. The molecule has 24 heavy (non-hydrogen) atoms. The van der Waals surface area contributed by atoms with Gasteiger partial charge >= 0.3 is 6.03 Å². The molecule has 2 heterocycles. The summed E-state index contributed by atoms with van der Waals surface area (Å²) in [6.45, 7) is 4.47. The molecule has 0 bridgehead atoms. The molecule has 1 saturated heterocycles. The Morgan fingerprint density at radius 1 is 1.25 bits per heavy atom. The zero-order valence-corrected chi connectivity index (χ0v) is 14.3. The van der Waals surface area contributed by atoms with Crippen molar-refractivity contribution in [2.24, 2.45) is 0 Å². The third kappa shape index (κ3) is 2.91. The predicted molar refractivity (Wildman–Crippen MR) is 87.4 cm³/mol. The lowest BCUT2D eigenvalue weighted by molar-refractivity contribution is -0.930. The maximum absolute atomic E-state index is 12.6. The molecule has 0 aliphatic carbocycles. The standard InChI is InChI=1S/C17H23N3O4/c1-11(16(21)20-7-5-18-17(20)22)19-6-4-12-8-14(23-2)15(24-3)9-13(12)10-19/h8-9,11H,4-7,10H2,1-3H3,(H,18,22)/p+1/t11-/m1/s1. The Morgan fingerprint density at radius 2 is 1.92 bits per heavy atom. The van der Waals surface area contributed by atoms with Crippen LogP contribution in [0.25, 0.3) is 0 Å². The number of carbonyl (C=O) groups is 2. The van der Waals surface area contributed by atoms with Crippen molar-refractivity contribution < 1.29 is 24.0 Å². The second-order valence-electron chi connectivity index (χ2n) is 6.25. The summed E-state index contributed by atoms with van der Waals surface area (Å²) < 4.78 is 10.7. The summed E-state index contributed by atoms with van der Waals surface area (Å²) in [4.78, 5) is 26.8. The maximum Gasteiger partial charge on any atom is 0.324 e. The monoisotopic (exact) mass is 334 g/mol. The molecule has 130 valence electrons. The number of amides is 3. The summed E-state index contributed by atoms with van der Waals surface area (Å²) in [6.07, 6.45) is 0.870. The number of imide groups is 1. The van der Waals surface area contributed by atoms with Gasteiger partial charge in [-0.15, -0.1) is 0 Å².